The van der Waals surface area contributed by atoms with Gasteiger partial charge in [0.05, 0.1) is 6.20 Å². The Morgan fingerprint density at radius 2 is 1.91 bits per heavy atom. The fourth-order valence-electron chi connectivity index (χ4n) is 3.03. The fraction of sp³-hybridized carbons (Fsp3) is 0.316. The van der Waals surface area contributed by atoms with Crippen molar-refractivity contribution in [2.45, 2.75) is 6.54 Å². The quantitative estimate of drug-likeness (QED) is 0.806. The lowest BCUT2D eigenvalue weighted by Crippen LogP contribution is -3.13. The summed E-state index contributed by atoms with van der Waals surface area (Å²) in [4.78, 5) is 7.35. The first kappa shape index (κ1) is 15.6. The van der Waals surface area contributed by atoms with Crippen molar-refractivity contribution in [1.82, 2.24) is 0 Å². The molecule has 0 spiro atoms. The molecule has 0 bridgehead atoms. The maximum absolute atomic E-state index is 5.77. The van der Waals surface area contributed by atoms with E-state index in [-0.39, 0.29) is 0 Å². The van der Waals surface area contributed by atoms with Gasteiger partial charge in [-0.3, -0.25) is 4.90 Å². The van der Waals surface area contributed by atoms with Gasteiger partial charge in [0.1, 0.15) is 45.1 Å². The Bertz CT molecular complexity index is 622. The number of hydrogen-bond donors (Lipinski definition) is 1. The number of aromatic nitrogens is 1. The van der Waals surface area contributed by atoms with E-state index in [0.717, 1.165) is 38.5 Å². The highest BCUT2D eigenvalue weighted by Crippen LogP contribution is 2.17. The molecule has 23 heavy (non-hydrogen) atoms. The van der Waals surface area contributed by atoms with Crippen LogP contribution in [0.25, 0.3) is 0 Å². The van der Waals surface area contributed by atoms with E-state index in [9.17, 15) is 0 Å². The molecule has 4 nitrogen and oxygen atoms in total. The largest absolute Gasteiger partial charge is 0.489 e. The number of H-pyrrole nitrogens is 1. The summed E-state index contributed by atoms with van der Waals surface area (Å²) in [5, 5.41) is 0. The van der Waals surface area contributed by atoms with Crippen LogP contribution in [0.5, 0.6) is 5.75 Å². The van der Waals surface area contributed by atoms with Gasteiger partial charge in [-0.15, -0.1) is 0 Å². The third-order valence-electron chi connectivity index (χ3n) is 4.27. The van der Waals surface area contributed by atoms with Gasteiger partial charge in [-0.25, -0.2) is 4.98 Å². The van der Waals surface area contributed by atoms with Gasteiger partial charge in [-0.05, 0) is 18.2 Å². The first-order chi connectivity index (χ1) is 11.4. The molecule has 0 saturated carbocycles. The topological polar surface area (TPSA) is 31.1 Å². The Morgan fingerprint density at radius 3 is 2.65 bits per heavy atom. The van der Waals surface area contributed by atoms with Crippen LogP contribution in [0, 0.1) is 0 Å². The van der Waals surface area contributed by atoms with Gasteiger partial charge in [0.15, 0.2) is 0 Å². The molecule has 2 N–H and O–H groups in total. The second kappa shape index (κ2) is 7.79. The Labute approximate surface area is 138 Å². The van der Waals surface area contributed by atoms with Crippen LogP contribution < -0.4 is 19.5 Å². The number of rotatable bonds is 6. The van der Waals surface area contributed by atoms with Crippen molar-refractivity contribution in [1.29, 1.82) is 0 Å². The highest BCUT2D eigenvalue weighted by Gasteiger charge is 2.26. The highest BCUT2D eigenvalue weighted by molar-refractivity contribution is 5.33. The van der Waals surface area contributed by atoms with Crippen molar-refractivity contribution in [2.75, 3.05) is 37.7 Å². The Morgan fingerprint density at radius 1 is 1.13 bits per heavy atom. The van der Waals surface area contributed by atoms with Crippen molar-refractivity contribution in [3.8, 4) is 5.75 Å². The molecule has 1 aromatic heterocycles. The number of pyridine rings is 1. The summed E-state index contributed by atoms with van der Waals surface area (Å²) in [6, 6.07) is 14.6. The highest BCUT2D eigenvalue weighted by atomic mass is 16.5. The van der Waals surface area contributed by atoms with Crippen LogP contribution in [0.2, 0.25) is 0 Å². The lowest BCUT2D eigenvalue weighted by molar-refractivity contribution is -0.914. The van der Waals surface area contributed by atoms with E-state index in [1.165, 1.54) is 11.4 Å². The molecule has 1 aliphatic rings. The normalized spacial score (nSPS) is 15.4. The number of para-hydroxylation sites is 1. The number of hydrogen-bond acceptors (Lipinski definition) is 2. The standard InChI is InChI=1S/C19H23N3O/c1-2-15-23-18-8-4-3-7-17(18)16-21-11-13-22(14-12-21)19-9-5-6-10-20-19/h2-10H,1,11-16H2/p+2. The molecule has 120 valence electrons. The molecule has 0 amide bonds. The number of piperazine rings is 1. The number of benzene rings is 1. The van der Waals surface area contributed by atoms with Gasteiger partial charge in [-0.2, -0.15) is 0 Å². The van der Waals surface area contributed by atoms with Gasteiger partial charge >= 0.3 is 0 Å². The minimum atomic E-state index is 0.559. The maximum Gasteiger partial charge on any atom is 0.274 e. The SMILES string of the molecule is C=CCOc1ccccc1C[NH+]1CCN(c2cccc[nH+]2)CC1. The first-order valence-electron chi connectivity index (χ1n) is 8.23. The van der Waals surface area contributed by atoms with Crippen molar-refractivity contribution >= 4 is 5.82 Å². The summed E-state index contributed by atoms with van der Waals surface area (Å²) in [5.41, 5.74) is 1.28. The van der Waals surface area contributed by atoms with Crippen molar-refractivity contribution in [2.24, 2.45) is 0 Å². The average Bonchev–Trinajstić information content (AvgIpc) is 2.62. The zero-order valence-corrected chi connectivity index (χ0v) is 13.5. The van der Waals surface area contributed by atoms with Gasteiger partial charge in [0.2, 0.25) is 0 Å². The van der Waals surface area contributed by atoms with Crippen molar-refractivity contribution in [3.05, 3.63) is 66.9 Å². The summed E-state index contributed by atoms with van der Waals surface area (Å²) < 4.78 is 5.77. The van der Waals surface area contributed by atoms with Crippen LogP contribution in [0.1, 0.15) is 5.56 Å². The third-order valence-corrected chi connectivity index (χ3v) is 4.27. The Balaban J connectivity index is 1.58. The predicted octanol–water partition coefficient (Wildman–Crippen LogP) is 0.971. The molecule has 1 aromatic carbocycles. The molecule has 3 rings (SSSR count). The third kappa shape index (κ3) is 4.11. The zero-order valence-electron chi connectivity index (χ0n) is 13.5. The number of aromatic amines is 1. The summed E-state index contributed by atoms with van der Waals surface area (Å²) >= 11 is 0. The maximum atomic E-state index is 5.77. The number of anilines is 1. The van der Waals surface area contributed by atoms with Gasteiger partial charge in [0.25, 0.3) is 5.82 Å². The van der Waals surface area contributed by atoms with E-state index in [0.29, 0.717) is 6.61 Å². The Kier molecular flexibility index (Phi) is 5.27. The molecular weight excluding hydrogens is 286 g/mol. The molecule has 2 aromatic rings. The average molecular weight is 311 g/mol. The molecule has 4 heteroatoms. The van der Waals surface area contributed by atoms with Crippen LogP contribution in [0.4, 0.5) is 5.82 Å². The van der Waals surface area contributed by atoms with Crippen LogP contribution >= 0.6 is 0 Å². The summed E-state index contributed by atoms with van der Waals surface area (Å²) in [5.74, 6) is 2.19. The number of quaternary nitrogens is 1. The van der Waals surface area contributed by atoms with E-state index < -0.39 is 0 Å². The van der Waals surface area contributed by atoms with Crippen molar-refractivity contribution in [3.63, 3.8) is 0 Å². The molecule has 0 radical (unpaired) electrons. The monoisotopic (exact) mass is 311 g/mol. The zero-order chi connectivity index (χ0) is 15.9. The lowest BCUT2D eigenvalue weighted by atomic mass is 10.1. The van der Waals surface area contributed by atoms with E-state index in [4.69, 9.17) is 4.74 Å². The van der Waals surface area contributed by atoms with E-state index in [1.54, 1.807) is 11.0 Å². The molecule has 0 unspecified atom stereocenters. The molecule has 1 aliphatic heterocycles. The smallest absolute Gasteiger partial charge is 0.274 e. The molecule has 2 heterocycles. The Hall–Kier alpha value is -2.33. The van der Waals surface area contributed by atoms with Gasteiger partial charge < -0.3 is 9.64 Å². The fourth-order valence-corrected chi connectivity index (χ4v) is 3.03. The molecule has 1 fully saturated rings. The second-order valence-corrected chi connectivity index (χ2v) is 5.87. The lowest BCUT2D eigenvalue weighted by Gasteiger charge is -2.28. The number of nitrogens with one attached hydrogen (secondary N) is 2. The van der Waals surface area contributed by atoms with Crippen LogP contribution in [-0.2, 0) is 6.54 Å². The van der Waals surface area contributed by atoms with E-state index >= 15 is 0 Å². The molecular formula is C19H25N3O+2. The van der Waals surface area contributed by atoms with Crippen LogP contribution in [-0.4, -0.2) is 32.8 Å². The minimum absolute atomic E-state index is 0.559. The second-order valence-electron chi connectivity index (χ2n) is 5.87. The van der Waals surface area contributed by atoms with Crippen molar-refractivity contribution < 1.29 is 14.6 Å². The number of nitrogens with zero attached hydrogens (tertiary/aromatic N) is 1. The predicted molar refractivity (Wildman–Crippen MR) is 91.7 cm³/mol. The number of ether oxygens (including phenoxy) is 1. The van der Waals surface area contributed by atoms with E-state index in [2.05, 4.69) is 40.7 Å². The first-order valence-corrected chi connectivity index (χ1v) is 8.23. The van der Waals surface area contributed by atoms with Crippen LogP contribution in [0.15, 0.2) is 61.3 Å². The van der Waals surface area contributed by atoms with E-state index in [1.807, 2.05) is 24.4 Å². The van der Waals surface area contributed by atoms with Crippen LogP contribution in [0.3, 0.4) is 0 Å². The molecule has 0 atom stereocenters. The molecule has 1 saturated heterocycles. The summed E-state index contributed by atoms with van der Waals surface area (Å²) in [6.07, 6.45) is 3.78. The van der Waals surface area contributed by atoms with Gasteiger partial charge in [-0.1, -0.05) is 30.9 Å². The molecule has 0 aliphatic carbocycles. The van der Waals surface area contributed by atoms with Gasteiger partial charge in [0, 0.05) is 11.6 Å². The minimum Gasteiger partial charge on any atom is -0.489 e. The summed E-state index contributed by atoms with van der Waals surface area (Å²) in [6.45, 7) is 9.72. The summed E-state index contributed by atoms with van der Waals surface area (Å²) in [7, 11) is 0.